The molecule has 2 aromatic rings. The Morgan fingerprint density at radius 1 is 1.42 bits per heavy atom. The summed E-state index contributed by atoms with van der Waals surface area (Å²) >= 11 is 6.05. The maximum absolute atomic E-state index is 11.4. The van der Waals surface area contributed by atoms with Crippen LogP contribution in [0.3, 0.4) is 0 Å². The zero-order valence-corrected chi connectivity index (χ0v) is 11.5. The first kappa shape index (κ1) is 13.5. The minimum absolute atomic E-state index is 0.216. The van der Waals surface area contributed by atoms with Crippen molar-refractivity contribution in [2.45, 2.75) is 13.5 Å². The van der Waals surface area contributed by atoms with E-state index < -0.39 is 5.97 Å². The predicted octanol–water partition coefficient (Wildman–Crippen LogP) is 3.64. The molecule has 0 saturated carbocycles. The minimum atomic E-state index is -0.483. The first-order chi connectivity index (χ1) is 9.11. The molecule has 0 unspecified atom stereocenters. The summed E-state index contributed by atoms with van der Waals surface area (Å²) < 4.78 is 9.75. The second kappa shape index (κ2) is 5.80. The summed E-state index contributed by atoms with van der Waals surface area (Å²) in [6, 6.07) is 7.43. The van der Waals surface area contributed by atoms with E-state index in [1.165, 1.54) is 13.4 Å². The molecule has 0 fully saturated rings. The maximum atomic E-state index is 11.4. The van der Waals surface area contributed by atoms with E-state index in [0.717, 1.165) is 16.8 Å². The summed E-state index contributed by atoms with van der Waals surface area (Å²) in [5.74, 6) is -0.267. The van der Waals surface area contributed by atoms with Crippen LogP contribution in [-0.4, -0.2) is 13.1 Å². The van der Waals surface area contributed by atoms with E-state index in [9.17, 15) is 4.79 Å². The molecule has 19 heavy (non-hydrogen) atoms. The number of anilines is 1. The quantitative estimate of drug-likeness (QED) is 0.868. The van der Waals surface area contributed by atoms with E-state index in [2.05, 4.69) is 10.1 Å². The molecule has 2 rings (SSSR count). The van der Waals surface area contributed by atoms with Gasteiger partial charge in [-0.1, -0.05) is 17.7 Å². The third-order valence-electron chi connectivity index (χ3n) is 2.77. The average molecular weight is 280 g/mol. The van der Waals surface area contributed by atoms with E-state index in [-0.39, 0.29) is 5.76 Å². The number of hydrogen-bond donors (Lipinski definition) is 1. The van der Waals surface area contributed by atoms with Crippen molar-refractivity contribution < 1.29 is 13.9 Å². The number of methoxy groups -OCH3 is 1. The molecule has 1 aromatic carbocycles. The van der Waals surface area contributed by atoms with E-state index in [1.54, 1.807) is 6.07 Å². The van der Waals surface area contributed by atoms with Crippen molar-refractivity contribution in [1.29, 1.82) is 0 Å². The third-order valence-corrected chi connectivity index (χ3v) is 3.18. The largest absolute Gasteiger partial charge is 0.463 e. The monoisotopic (exact) mass is 279 g/mol. The van der Waals surface area contributed by atoms with Gasteiger partial charge in [0.05, 0.1) is 13.4 Å². The fraction of sp³-hybridized carbons (Fsp3) is 0.214. The second-order valence-corrected chi connectivity index (χ2v) is 4.49. The lowest BCUT2D eigenvalue weighted by Crippen LogP contribution is -2.06. The number of furan rings is 1. The van der Waals surface area contributed by atoms with Crippen LogP contribution in [0.1, 0.15) is 21.7 Å². The highest BCUT2D eigenvalue weighted by Crippen LogP contribution is 2.21. The topological polar surface area (TPSA) is 51.5 Å². The fourth-order valence-electron chi connectivity index (χ4n) is 1.65. The highest BCUT2D eigenvalue weighted by Gasteiger charge is 2.15. The molecule has 0 spiro atoms. The number of carbonyl (C=O) groups excluding carboxylic acids is 1. The SMILES string of the molecule is COC(=O)c1occc1CNc1ccc(C)c(Cl)c1. The molecular weight excluding hydrogens is 266 g/mol. The molecular formula is C14H14ClNO3. The molecule has 1 aromatic heterocycles. The Labute approximate surface area is 116 Å². The summed E-state index contributed by atoms with van der Waals surface area (Å²) in [7, 11) is 1.32. The lowest BCUT2D eigenvalue weighted by molar-refractivity contribution is 0.0563. The van der Waals surface area contributed by atoms with Crippen LogP contribution < -0.4 is 5.32 Å². The Kier molecular flexibility index (Phi) is 4.12. The van der Waals surface area contributed by atoms with Gasteiger partial charge in [-0.3, -0.25) is 0 Å². The molecule has 0 amide bonds. The number of carbonyl (C=O) groups is 1. The van der Waals surface area contributed by atoms with E-state index in [0.29, 0.717) is 11.6 Å². The standard InChI is InChI=1S/C14H14ClNO3/c1-9-3-4-11(7-12(9)15)16-8-10-5-6-19-13(10)14(17)18-2/h3-7,16H,8H2,1-2H3. The normalized spacial score (nSPS) is 10.3. The summed E-state index contributed by atoms with van der Waals surface area (Å²) in [6.07, 6.45) is 1.46. The van der Waals surface area contributed by atoms with Crippen LogP contribution in [0, 0.1) is 6.92 Å². The number of esters is 1. The zero-order chi connectivity index (χ0) is 13.8. The number of aryl methyl sites for hydroxylation is 1. The Balaban J connectivity index is 2.08. The molecule has 0 aliphatic rings. The number of benzene rings is 1. The lowest BCUT2D eigenvalue weighted by Gasteiger charge is -2.07. The molecule has 1 N–H and O–H groups in total. The minimum Gasteiger partial charge on any atom is -0.463 e. The van der Waals surface area contributed by atoms with E-state index in [4.69, 9.17) is 16.0 Å². The average Bonchev–Trinajstić information content (AvgIpc) is 2.87. The van der Waals surface area contributed by atoms with Gasteiger partial charge in [-0.25, -0.2) is 4.79 Å². The van der Waals surface area contributed by atoms with Gasteiger partial charge in [0.2, 0.25) is 5.76 Å². The van der Waals surface area contributed by atoms with Gasteiger partial charge < -0.3 is 14.5 Å². The molecule has 0 saturated heterocycles. The summed E-state index contributed by atoms with van der Waals surface area (Å²) in [5.41, 5.74) is 2.64. The van der Waals surface area contributed by atoms with E-state index >= 15 is 0 Å². The number of ether oxygens (including phenoxy) is 1. The molecule has 1 heterocycles. The van der Waals surface area contributed by atoms with Gasteiger partial charge in [0.1, 0.15) is 0 Å². The number of rotatable bonds is 4. The van der Waals surface area contributed by atoms with Crippen LogP contribution in [0.4, 0.5) is 5.69 Å². The highest BCUT2D eigenvalue weighted by atomic mass is 35.5. The summed E-state index contributed by atoms with van der Waals surface area (Å²) in [5, 5.41) is 3.88. The third kappa shape index (κ3) is 3.09. The van der Waals surface area contributed by atoms with Crippen molar-refractivity contribution in [2.75, 3.05) is 12.4 Å². The lowest BCUT2D eigenvalue weighted by atomic mass is 10.2. The Hall–Kier alpha value is -1.94. The van der Waals surface area contributed by atoms with Crippen LogP contribution in [-0.2, 0) is 11.3 Å². The Morgan fingerprint density at radius 2 is 2.21 bits per heavy atom. The van der Waals surface area contributed by atoms with Crippen molar-refractivity contribution in [1.82, 2.24) is 0 Å². The molecule has 0 atom stereocenters. The first-order valence-electron chi connectivity index (χ1n) is 5.76. The van der Waals surface area contributed by atoms with Crippen LogP contribution in [0.15, 0.2) is 34.9 Å². The maximum Gasteiger partial charge on any atom is 0.374 e. The fourth-order valence-corrected chi connectivity index (χ4v) is 1.83. The van der Waals surface area contributed by atoms with E-state index in [1.807, 2.05) is 25.1 Å². The molecule has 0 aliphatic heterocycles. The van der Waals surface area contributed by atoms with Gasteiger partial charge in [-0.2, -0.15) is 0 Å². The van der Waals surface area contributed by atoms with Crippen LogP contribution in [0.5, 0.6) is 0 Å². The number of nitrogens with one attached hydrogen (secondary N) is 1. The van der Waals surface area contributed by atoms with Gasteiger partial charge >= 0.3 is 5.97 Å². The van der Waals surface area contributed by atoms with Crippen molar-refractivity contribution in [3.05, 3.63) is 52.4 Å². The smallest absolute Gasteiger partial charge is 0.374 e. The molecule has 100 valence electrons. The van der Waals surface area contributed by atoms with Gasteiger partial charge in [-0.05, 0) is 30.7 Å². The van der Waals surface area contributed by atoms with Crippen molar-refractivity contribution in [3.63, 3.8) is 0 Å². The molecule has 0 aliphatic carbocycles. The van der Waals surface area contributed by atoms with Crippen LogP contribution >= 0.6 is 11.6 Å². The van der Waals surface area contributed by atoms with Gasteiger partial charge in [0, 0.05) is 22.8 Å². The van der Waals surface area contributed by atoms with Crippen LogP contribution in [0.2, 0.25) is 5.02 Å². The first-order valence-corrected chi connectivity index (χ1v) is 6.14. The molecule has 4 nitrogen and oxygen atoms in total. The van der Waals surface area contributed by atoms with Gasteiger partial charge in [0.15, 0.2) is 0 Å². The molecule has 0 radical (unpaired) electrons. The van der Waals surface area contributed by atoms with Crippen molar-refractivity contribution in [2.24, 2.45) is 0 Å². The van der Waals surface area contributed by atoms with Gasteiger partial charge in [0.25, 0.3) is 0 Å². The molecule has 0 bridgehead atoms. The Bertz CT molecular complexity index is 592. The zero-order valence-electron chi connectivity index (χ0n) is 10.7. The molecule has 5 heteroatoms. The highest BCUT2D eigenvalue weighted by molar-refractivity contribution is 6.31. The van der Waals surface area contributed by atoms with Crippen molar-refractivity contribution in [3.8, 4) is 0 Å². The van der Waals surface area contributed by atoms with Crippen molar-refractivity contribution >= 4 is 23.3 Å². The number of halogens is 1. The van der Waals surface area contributed by atoms with Gasteiger partial charge in [-0.15, -0.1) is 0 Å². The summed E-state index contributed by atoms with van der Waals surface area (Å²) in [6.45, 7) is 2.40. The summed E-state index contributed by atoms with van der Waals surface area (Å²) in [4.78, 5) is 11.4. The Morgan fingerprint density at radius 3 is 2.89 bits per heavy atom. The van der Waals surface area contributed by atoms with Crippen LogP contribution in [0.25, 0.3) is 0 Å². The number of hydrogen-bond acceptors (Lipinski definition) is 4. The second-order valence-electron chi connectivity index (χ2n) is 4.08. The predicted molar refractivity (Wildman–Crippen MR) is 73.6 cm³/mol.